The zero-order chi connectivity index (χ0) is 8.97. The van der Waals surface area contributed by atoms with Gasteiger partial charge in [0.25, 0.3) is 0 Å². The Kier molecular flexibility index (Phi) is 0.794. The van der Waals surface area contributed by atoms with Crippen molar-refractivity contribution in [2.45, 2.75) is 11.2 Å². The van der Waals surface area contributed by atoms with Crippen molar-refractivity contribution in [3.63, 3.8) is 0 Å². The van der Waals surface area contributed by atoms with Gasteiger partial charge < -0.3 is 9.47 Å². The number of allylic oxidation sites excluding steroid dienone is 1. The molecule has 0 aromatic heterocycles. The van der Waals surface area contributed by atoms with Crippen LogP contribution in [0.3, 0.4) is 0 Å². The first kappa shape index (κ1) is 6.81. The van der Waals surface area contributed by atoms with E-state index in [1.165, 1.54) is 0 Å². The van der Waals surface area contributed by atoms with Crippen molar-refractivity contribution in [1.82, 2.24) is 0 Å². The molecule has 2 aliphatic heterocycles. The van der Waals surface area contributed by atoms with Crippen molar-refractivity contribution >= 4 is 0 Å². The molecule has 5 rings (SSSR count). The molecular weight excluding hydrogens is 176 g/mol. The molecule has 0 radical (unpaired) electrons. The van der Waals surface area contributed by atoms with E-state index in [1.54, 1.807) is 0 Å². The van der Waals surface area contributed by atoms with E-state index in [9.17, 15) is 0 Å². The monoisotopic (exact) mass is 188 g/mol. The van der Waals surface area contributed by atoms with Crippen molar-refractivity contribution in [2.75, 3.05) is 13.2 Å². The van der Waals surface area contributed by atoms with Crippen LogP contribution in [-0.2, 0) is 9.47 Å². The molecule has 14 heavy (non-hydrogen) atoms. The fourth-order valence-corrected chi connectivity index (χ4v) is 4.22. The molecule has 2 heteroatoms. The summed E-state index contributed by atoms with van der Waals surface area (Å²) in [5, 5.41) is 0. The highest BCUT2D eigenvalue weighted by molar-refractivity contribution is 5.40. The van der Waals surface area contributed by atoms with E-state index in [0.29, 0.717) is 23.7 Å². The van der Waals surface area contributed by atoms with Crippen molar-refractivity contribution in [3.05, 3.63) is 24.3 Å². The van der Waals surface area contributed by atoms with Crippen molar-refractivity contribution in [2.24, 2.45) is 23.7 Å². The van der Waals surface area contributed by atoms with Gasteiger partial charge in [0.15, 0.2) is 0 Å². The van der Waals surface area contributed by atoms with E-state index in [2.05, 4.69) is 24.3 Å². The fraction of sp³-hybridized carbons (Fsp3) is 0.667. The first-order valence-electron chi connectivity index (χ1n) is 5.51. The Balaban J connectivity index is 1.72. The Hall–Kier alpha value is -0.600. The summed E-state index contributed by atoms with van der Waals surface area (Å²) in [5.41, 5.74) is 0.354. The quantitative estimate of drug-likeness (QED) is 0.421. The Morgan fingerprint density at radius 1 is 1.00 bits per heavy atom. The van der Waals surface area contributed by atoms with Gasteiger partial charge in [0, 0.05) is 17.8 Å². The lowest BCUT2D eigenvalue weighted by atomic mass is 9.80. The molecule has 0 amide bonds. The van der Waals surface area contributed by atoms with E-state index in [-0.39, 0.29) is 11.2 Å². The van der Waals surface area contributed by atoms with Gasteiger partial charge in [0.05, 0.1) is 13.2 Å². The van der Waals surface area contributed by atoms with Gasteiger partial charge in [-0.05, 0) is 5.92 Å². The van der Waals surface area contributed by atoms with Crippen LogP contribution in [0.25, 0.3) is 0 Å². The lowest BCUT2D eigenvalue weighted by molar-refractivity contribution is 0.200. The molecule has 72 valence electrons. The van der Waals surface area contributed by atoms with E-state index in [4.69, 9.17) is 9.47 Å². The molecule has 0 N–H and O–H groups in total. The average Bonchev–Trinajstić information content (AvgIpc) is 3.02. The molecule has 3 fully saturated rings. The van der Waals surface area contributed by atoms with E-state index in [1.807, 2.05) is 0 Å². The molecule has 2 bridgehead atoms. The molecule has 5 aliphatic rings. The predicted octanol–water partition coefficient (Wildman–Crippen LogP) is 1.14. The number of rotatable bonds is 0. The highest BCUT2D eigenvalue weighted by Gasteiger charge is 2.75. The zero-order valence-corrected chi connectivity index (χ0v) is 7.85. The molecule has 6 atom stereocenters. The van der Waals surface area contributed by atoms with Crippen LogP contribution in [0.15, 0.2) is 24.3 Å². The van der Waals surface area contributed by atoms with Crippen LogP contribution in [0, 0.1) is 23.7 Å². The number of epoxide rings is 2. The van der Waals surface area contributed by atoms with E-state index < -0.39 is 0 Å². The molecule has 1 saturated carbocycles. The molecule has 0 aromatic carbocycles. The smallest absolute Gasteiger partial charge is 0.114 e. The summed E-state index contributed by atoms with van der Waals surface area (Å²) < 4.78 is 11.4. The van der Waals surface area contributed by atoms with Crippen LogP contribution in [0.5, 0.6) is 0 Å². The number of hydrogen-bond acceptors (Lipinski definition) is 2. The minimum atomic E-state index is 0.133. The van der Waals surface area contributed by atoms with Crippen LogP contribution in [0.2, 0.25) is 0 Å². The van der Waals surface area contributed by atoms with Gasteiger partial charge in [-0.1, -0.05) is 24.3 Å². The molecule has 2 spiro atoms. The topological polar surface area (TPSA) is 25.1 Å². The van der Waals surface area contributed by atoms with Gasteiger partial charge in [-0.15, -0.1) is 0 Å². The molecule has 3 aliphatic carbocycles. The van der Waals surface area contributed by atoms with Gasteiger partial charge in [-0.2, -0.15) is 0 Å². The first-order chi connectivity index (χ1) is 6.86. The average molecular weight is 188 g/mol. The zero-order valence-electron chi connectivity index (χ0n) is 7.85. The van der Waals surface area contributed by atoms with Gasteiger partial charge in [0.1, 0.15) is 11.2 Å². The third-order valence-electron chi connectivity index (χ3n) is 4.99. The number of ether oxygens (including phenoxy) is 2. The molecular formula is C12H12O2. The van der Waals surface area contributed by atoms with Crippen molar-refractivity contribution in [3.8, 4) is 0 Å². The fourth-order valence-electron chi connectivity index (χ4n) is 4.22. The molecule has 2 saturated heterocycles. The summed E-state index contributed by atoms with van der Waals surface area (Å²) in [7, 11) is 0. The Morgan fingerprint density at radius 3 is 2.50 bits per heavy atom. The van der Waals surface area contributed by atoms with Crippen LogP contribution in [0.1, 0.15) is 0 Å². The van der Waals surface area contributed by atoms with Crippen LogP contribution in [-0.4, -0.2) is 24.4 Å². The lowest BCUT2D eigenvalue weighted by Crippen LogP contribution is -2.29. The second-order valence-corrected chi connectivity index (χ2v) is 5.39. The maximum atomic E-state index is 5.75. The molecule has 2 heterocycles. The maximum absolute atomic E-state index is 5.75. The molecule has 6 unspecified atom stereocenters. The summed E-state index contributed by atoms with van der Waals surface area (Å²) in [5.74, 6) is 2.68. The summed E-state index contributed by atoms with van der Waals surface area (Å²) in [6.45, 7) is 1.92. The summed E-state index contributed by atoms with van der Waals surface area (Å²) >= 11 is 0. The molecule has 2 nitrogen and oxygen atoms in total. The van der Waals surface area contributed by atoms with Crippen molar-refractivity contribution in [1.29, 1.82) is 0 Å². The summed E-state index contributed by atoms with van der Waals surface area (Å²) in [4.78, 5) is 0. The summed E-state index contributed by atoms with van der Waals surface area (Å²) in [6, 6.07) is 0. The van der Waals surface area contributed by atoms with Gasteiger partial charge >= 0.3 is 0 Å². The maximum Gasteiger partial charge on any atom is 0.114 e. The largest absolute Gasteiger partial charge is 0.368 e. The minimum absolute atomic E-state index is 0.133. The van der Waals surface area contributed by atoms with Crippen molar-refractivity contribution < 1.29 is 9.47 Å². The van der Waals surface area contributed by atoms with Gasteiger partial charge in [-0.25, -0.2) is 0 Å². The Labute approximate surface area is 82.6 Å². The van der Waals surface area contributed by atoms with Gasteiger partial charge in [0.2, 0.25) is 0 Å². The first-order valence-corrected chi connectivity index (χ1v) is 5.51. The Morgan fingerprint density at radius 2 is 1.79 bits per heavy atom. The second kappa shape index (κ2) is 1.63. The third kappa shape index (κ3) is 0.485. The minimum Gasteiger partial charge on any atom is -0.368 e. The number of fused-ring (bicyclic) bond motifs is 4. The number of hydrogen-bond donors (Lipinski definition) is 0. The molecule has 0 aromatic rings. The SMILES string of the molecule is C1=CC2(CO2)C2C1C1C=CC2C12CO2. The Bertz CT molecular complexity index is 387. The van der Waals surface area contributed by atoms with E-state index in [0.717, 1.165) is 13.2 Å². The lowest BCUT2D eigenvalue weighted by Gasteiger charge is -2.22. The van der Waals surface area contributed by atoms with Crippen LogP contribution < -0.4 is 0 Å². The second-order valence-electron chi connectivity index (χ2n) is 5.39. The highest BCUT2D eigenvalue weighted by Crippen LogP contribution is 2.69. The highest BCUT2D eigenvalue weighted by atomic mass is 16.6. The third-order valence-corrected chi connectivity index (χ3v) is 4.99. The van der Waals surface area contributed by atoms with Gasteiger partial charge in [-0.3, -0.25) is 0 Å². The standard InChI is InChI=1S/C12H12O2/c1-2-9-10-7(3-4-11(10)5-13-11)8(1)12(9)6-14-12/h1-4,7-10H,5-6H2. The normalized spacial score (nSPS) is 69.7. The summed E-state index contributed by atoms with van der Waals surface area (Å²) in [6.07, 6.45) is 9.46. The van der Waals surface area contributed by atoms with E-state index >= 15 is 0 Å². The van der Waals surface area contributed by atoms with Crippen LogP contribution >= 0.6 is 0 Å². The van der Waals surface area contributed by atoms with Crippen LogP contribution in [0.4, 0.5) is 0 Å². The predicted molar refractivity (Wildman–Crippen MR) is 49.6 cm³/mol.